The summed E-state index contributed by atoms with van der Waals surface area (Å²) < 4.78 is 4.45. The van der Waals surface area contributed by atoms with E-state index in [2.05, 4.69) is 4.74 Å². The summed E-state index contributed by atoms with van der Waals surface area (Å²) in [5, 5.41) is 0. The van der Waals surface area contributed by atoms with Crippen LogP contribution in [0.1, 0.15) is 26.2 Å². The van der Waals surface area contributed by atoms with Crippen molar-refractivity contribution >= 4 is 5.97 Å². The summed E-state index contributed by atoms with van der Waals surface area (Å²) in [6.45, 7) is 2.04. The normalized spacial score (nSPS) is 12.7. The van der Waals surface area contributed by atoms with Crippen molar-refractivity contribution in [3.63, 3.8) is 0 Å². The molecule has 0 fully saturated rings. The van der Waals surface area contributed by atoms with Gasteiger partial charge in [0.05, 0.1) is 13.5 Å². The second-order valence-electron chi connectivity index (χ2n) is 2.33. The summed E-state index contributed by atoms with van der Waals surface area (Å²) in [5.41, 5.74) is 5.56. The molecule has 0 aliphatic heterocycles. The van der Waals surface area contributed by atoms with Crippen LogP contribution in [-0.4, -0.2) is 19.1 Å². The van der Waals surface area contributed by atoms with Gasteiger partial charge < -0.3 is 10.5 Å². The lowest BCUT2D eigenvalue weighted by atomic mass is 10.1. The van der Waals surface area contributed by atoms with Gasteiger partial charge in [-0.15, -0.1) is 0 Å². The van der Waals surface area contributed by atoms with Gasteiger partial charge in [0.1, 0.15) is 0 Å². The average Bonchev–Trinajstić information content (AvgIpc) is 1.88. The molecule has 0 radical (unpaired) electrons. The van der Waals surface area contributed by atoms with E-state index in [0.29, 0.717) is 6.42 Å². The van der Waals surface area contributed by atoms with Gasteiger partial charge in [-0.3, -0.25) is 4.79 Å². The van der Waals surface area contributed by atoms with E-state index in [4.69, 9.17) is 5.73 Å². The molecule has 3 nitrogen and oxygen atoms in total. The van der Waals surface area contributed by atoms with E-state index < -0.39 is 0 Å². The summed E-state index contributed by atoms with van der Waals surface area (Å²) in [6, 6.07) is -0.0301. The van der Waals surface area contributed by atoms with Gasteiger partial charge in [-0.25, -0.2) is 0 Å². The number of nitrogens with two attached hydrogens (primary N) is 1. The van der Waals surface area contributed by atoms with Gasteiger partial charge in [-0.2, -0.15) is 0 Å². The molecular formula is C7H15NO2. The Morgan fingerprint density at radius 2 is 2.30 bits per heavy atom. The van der Waals surface area contributed by atoms with Crippen molar-refractivity contribution in [3.8, 4) is 0 Å². The average molecular weight is 145 g/mol. The molecule has 0 bridgehead atoms. The zero-order valence-corrected chi connectivity index (χ0v) is 6.59. The molecule has 0 saturated carbocycles. The zero-order valence-electron chi connectivity index (χ0n) is 6.59. The van der Waals surface area contributed by atoms with E-state index in [-0.39, 0.29) is 12.0 Å². The number of hydrogen-bond donors (Lipinski definition) is 1. The molecule has 60 valence electrons. The number of carbonyl (C=O) groups is 1. The van der Waals surface area contributed by atoms with Crippen LogP contribution in [0.25, 0.3) is 0 Å². The second-order valence-corrected chi connectivity index (χ2v) is 2.33. The maximum Gasteiger partial charge on any atom is 0.307 e. The second kappa shape index (κ2) is 5.23. The molecule has 10 heavy (non-hydrogen) atoms. The van der Waals surface area contributed by atoms with Gasteiger partial charge in [0, 0.05) is 6.04 Å². The highest BCUT2D eigenvalue weighted by Gasteiger charge is 2.07. The highest BCUT2D eigenvalue weighted by atomic mass is 16.5. The summed E-state index contributed by atoms with van der Waals surface area (Å²) >= 11 is 0. The first kappa shape index (κ1) is 9.43. The molecule has 0 aromatic rings. The predicted octanol–water partition coefficient (Wildman–Crippen LogP) is 0.677. The number of hydrogen-bond acceptors (Lipinski definition) is 3. The van der Waals surface area contributed by atoms with E-state index >= 15 is 0 Å². The summed E-state index contributed by atoms with van der Waals surface area (Å²) in [6.07, 6.45) is 2.23. The molecule has 3 heteroatoms. The lowest BCUT2D eigenvalue weighted by Gasteiger charge is -2.06. The number of ether oxygens (including phenoxy) is 1. The fourth-order valence-electron chi connectivity index (χ4n) is 0.770. The van der Waals surface area contributed by atoms with Gasteiger partial charge in [-0.1, -0.05) is 13.3 Å². The van der Waals surface area contributed by atoms with Gasteiger partial charge in [0.15, 0.2) is 0 Å². The smallest absolute Gasteiger partial charge is 0.307 e. The molecule has 0 heterocycles. The molecule has 0 aromatic carbocycles. The van der Waals surface area contributed by atoms with Crippen LogP contribution in [0.4, 0.5) is 0 Å². The van der Waals surface area contributed by atoms with E-state index in [1.165, 1.54) is 7.11 Å². The summed E-state index contributed by atoms with van der Waals surface area (Å²) in [5.74, 6) is -0.221. The largest absolute Gasteiger partial charge is 0.469 e. The Hall–Kier alpha value is -0.570. The van der Waals surface area contributed by atoms with E-state index in [1.807, 2.05) is 6.92 Å². The third-order valence-electron chi connectivity index (χ3n) is 1.32. The van der Waals surface area contributed by atoms with Gasteiger partial charge in [-0.05, 0) is 6.42 Å². The van der Waals surface area contributed by atoms with Crippen LogP contribution in [0.2, 0.25) is 0 Å². The van der Waals surface area contributed by atoms with Crippen molar-refractivity contribution in [2.45, 2.75) is 32.2 Å². The number of methoxy groups -OCH3 is 1. The van der Waals surface area contributed by atoms with Crippen LogP contribution < -0.4 is 5.73 Å². The molecule has 1 atom stereocenters. The standard InChI is InChI=1S/C7H15NO2/c1-3-4-6(8)5-7(9)10-2/h6H,3-5,8H2,1-2H3/t6-/m0/s1. The lowest BCUT2D eigenvalue weighted by molar-refractivity contribution is -0.141. The summed E-state index contributed by atoms with van der Waals surface area (Å²) in [4.78, 5) is 10.6. The molecule has 0 saturated heterocycles. The number of esters is 1. The molecule has 0 amide bonds. The first-order chi connectivity index (χ1) is 4.70. The van der Waals surface area contributed by atoms with Crippen molar-refractivity contribution in [2.24, 2.45) is 5.73 Å². The molecule has 0 rings (SSSR count). The van der Waals surface area contributed by atoms with Crippen LogP contribution in [0.15, 0.2) is 0 Å². The van der Waals surface area contributed by atoms with Crippen LogP contribution >= 0.6 is 0 Å². The molecule has 0 unspecified atom stereocenters. The van der Waals surface area contributed by atoms with Gasteiger partial charge in [0.2, 0.25) is 0 Å². The Balaban J connectivity index is 3.37. The van der Waals surface area contributed by atoms with Crippen molar-refractivity contribution in [2.75, 3.05) is 7.11 Å². The Kier molecular flexibility index (Phi) is 4.94. The van der Waals surface area contributed by atoms with E-state index in [0.717, 1.165) is 12.8 Å². The third kappa shape index (κ3) is 4.32. The van der Waals surface area contributed by atoms with Crippen molar-refractivity contribution in [1.82, 2.24) is 0 Å². The van der Waals surface area contributed by atoms with Crippen LogP contribution in [-0.2, 0) is 9.53 Å². The number of rotatable bonds is 4. The van der Waals surface area contributed by atoms with Crippen molar-refractivity contribution in [3.05, 3.63) is 0 Å². The minimum Gasteiger partial charge on any atom is -0.469 e. The Morgan fingerprint density at radius 3 is 2.70 bits per heavy atom. The molecule has 0 aliphatic rings. The fourth-order valence-corrected chi connectivity index (χ4v) is 0.770. The van der Waals surface area contributed by atoms with E-state index in [9.17, 15) is 4.79 Å². The molecule has 2 N–H and O–H groups in total. The zero-order chi connectivity index (χ0) is 7.98. The molecule has 0 spiro atoms. The molecular weight excluding hydrogens is 130 g/mol. The highest BCUT2D eigenvalue weighted by molar-refractivity contribution is 5.69. The van der Waals surface area contributed by atoms with Gasteiger partial charge in [0.25, 0.3) is 0 Å². The Labute approximate surface area is 61.5 Å². The lowest BCUT2D eigenvalue weighted by Crippen LogP contribution is -2.23. The van der Waals surface area contributed by atoms with Crippen LogP contribution in [0.5, 0.6) is 0 Å². The minimum atomic E-state index is -0.221. The van der Waals surface area contributed by atoms with Crippen molar-refractivity contribution in [1.29, 1.82) is 0 Å². The fraction of sp³-hybridized carbons (Fsp3) is 0.857. The first-order valence-corrected chi connectivity index (χ1v) is 3.53. The van der Waals surface area contributed by atoms with E-state index in [1.54, 1.807) is 0 Å². The quantitative estimate of drug-likeness (QED) is 0.592. The van der Waals surface area contributed by atoms with Crippen LogP contribution in [0.3, 0.4) is 0 Å². The highest BCUT2D eigenvalue weighted by Crippen LogP contribution is 1.98. The monoisotopic (exact) mass is 145 g/mol. The Bertz CT molecular complexity index is 104. The topological polar surface area (TPSA) is 52.3 Å². The van der Waals surface area contributed by atoms with Gasteiger partial charge >= 0.3 is 5.97 Å². The first-order valence-electron chi connectivity index (χ1n) is 3.53. The van der Waals surface area contributed by atoms with Crippen molar-refractivity contribution < 1.29 is 9.53 Å². The third-order valence-corrected chi connectivity index (χ3v) is 1.32. The molecule has 0 aliphatic carbocycles. The SMILES string of the molecule is CCC[C@H](N)CC(=O)OC. The maximum absolute atomic E-state index is 10.6. The Morgan fingerprint density at radius 1 is 1.70 bits per heavy atom. The van der Waals surface area contributed by atoms with Crippen LogP contribution in [0, 0.1) is 0 Å². The number of carbonyl (C=O) groups excluding carboxylic acids is 1. The molecule has 0 aromatic heterocycles. The maximum atomic E-state index is 10.6. The summed E-state index contributed by atoms with van der Waals surface area (Å²) in [7, 11) is 1.38. The minimum absolute atomic E-state index is 0.0301. The predicted molar refractivity (Wildman–Crippen MR) is 39.5 cm³/mol.